The number of nitrogen functional groups attached to an aromatic ring is 1. The van der Waals surface area contributed by atoms with E-state index in [0.29, 0.717) is 28.1 Å². The Labute approximate surface area is 135 Å². The fourth-order valence-electron chi connectivity index (χ4n) is 2.08. The van der Waals surface area contributed by atoms with Crippen molar-refractivity contribution in [3.05, 3.63) is 46.6 Å². The molecule has 0 aliphatic carbocycles. The first-order valence-corrected chi connectivity index (χ1v) is 8.20. The molecule has 0 saturated carbocycles. The minimum absolute atomic E-state index is 0.269. The molecule has 2 aromatic rings. The maximum atomic E-state index is 9.33. The van der Waals surface area contributed by atoms with Crippen LogP contribution in [-0.4, -0.2) is 15.2 Å². The van der Waals surface area contributed by atoms with Crippen molar-refractivity contribution >= 4 is 17.6 Å². The lowest BCUT2D eigenvalue weighted by Crippen LogP contribution is -2.07. The average Bonchev–Trinajstić information content (AvgIpc) is 2.47. The van der Waals surface area contributed by atoms with Gasteiger partial charge >= 0.3 is 0 Å². The van der Waals surface area contributed by atoms with Crippen molar-refractivity contribution < 1.29 is 0 Å². The molecule has 114 valence electrons. The molecule has 1 aromatic heterocycles. The average molecular weight is 312 g/mol. The lowest BCUT2D eigenvalue weighted by molar-refractivity contribution is 0.867. The van der Waals surface area contributed by atoms with E-state index in [2.05, 4.69) is 36.0 Å². The monoisotopic (exact) mass is 312 g/mol. The Hall–Kier alpha value is -2.06. The highest BCUT2D eigenvalue weighted by atomic mass is 32.2. The molecule has 0 unspecified atom stereocenters. The van der Waals surface area contributed by atoms with Gasteiger partial charge in [-0.15, -0.1) is 0 Å². The van der Waals surface area contributed by atoms with Gasteiger partial charge in [0.15, 0.2) is 5.16 Å². The normalized spacial score (nSPS) is 11.9. The molecule has 0 fully saturated rings. The van der Waals surface area contributed by atoms with Gasteiger partial charge in [-0.3, -0.25) is 0 Å². The highest BCUT2D eigenvalue weighted by molar-refractivity contribution is 7.99. The third kappa shape index (κ3) is 3.99. The number of aromatic nitrogens is 2. The fourth-order valence-corrected chi connectivity index (χ4v) is 2.92. The summed E-state index contributed by atoms with van der Waals surface area (Å²) in [6.45, 7) is 6.30. The van der Waals surface area contributed by atoms with Crippen LogP contribution in [0.25, 0.3) is 0 Å². The van der Waals surface area contributed by atoms with Crippen molar-refractivity contribution in [2.45, 2.75) is 44.0 Å². The Bertz CT molecular complexity index is 706. The molecule has 0 spiro atoms. The first-order valence-electron chi connectivity index (χ1n) is 7.32. The van der Waals surface area contributed by atoms with Gasteiger partial charge in [-0.25, -0.2) is 9.97 Å². The van der Waals surface area contributed by atoms with Crippen LogP contribution in [0.1, 0.15) is 42.7 Å². The molecule has 1 atom stereocenters. The van der Waals surface area contributed by atoms with Gasteiger partial charge in [0, 0.05) is 11.7 Å². The molecular weight excluding hydrogens is 292 g/mol. The molecule has 1 aromatic carbocycles. The molecule has 0 saturated heterocycles. The molecule has 22 heavy (non-hydrogen) atoms. The van der Waals surface area contributed by atoms with Crippen molar-refractivity contribution in [2.24, 2.45) is 0 Å². The Kier molecular flexibility index (Phi) is 5.40. The summed E-state index contributed by atoms with van der Waals surface area (Å²) in [6.07, 6.45) is 1.62. The standard InChI is InChI=1S/C17H20N4S/c1-4-12(3)22-17-20-15(14(10-18)16(19)21-17)9-13-7-5-6-11(2)8-13/h5-8,12H,4,9H2,1-3H3,(H2,19,20,21)/t12-/m0/s1. The SMILES string of the molecule is CC[C@H](C)Sc1nc(N)c(C#N)c(Cc2cccc(C)c2)n1. The second-order valence-electron chi connectivity index (χ2n) is 5.33. The summed E-state index contributed by atoms with van der Waals surface area (Å²) in [5, 5.41) is 10.4. The third-order valence-corrected chi connectivity index (χ3v) is 4.57. The van der Waals surface area contributed by atoms with E-state index >= 15 is 0 Å². The van der Waals surface area contributed by atoms with E-state index in [1.54, 1.807) is 11.8 Å². The van der Waals surface area contributed by atoms with Crippen molar-refractivity contribution in [2.75, 3.05) is 5.73 Å². The molecule has 1 heterocycles. The van der Waals surface area contributed by atoms with Crippen LogP contribution in [0, 0.1) is 18.3 Å². The summed E-state index contributed by atoms with van der Waals surface area (Å²) in [5.74, 6) is 0.269. The number of nitrogens with zero attached hydrogens (tertiary/aromatic N) is 3. The maximum absolute atomic E-state index is 9.33. The van der Waals surface area contributed by atoms with Gasteiger partial charge in [0.05, 0.1) is 5.69 Å². The number of thioether (sulfide) groups is 1. The van der Waals surface area contributed by atoms with Gasteiger partial charge in [-0.1, -0.05) is 55.4 Å². The smallest absolute Gasteiger partial charge is 0.190 e. The summed E-state index contributed by atoms with van der Waals surface area (Å²) in [5.41, 5.74) is 9.34. The molecule has 0 aliphatic rings. The van der Waals surface area contributed by atoms with E-state index in [0.717, 1.165) is 12.0 Å². The minimum Gasteiger partial charge on any atom is -0.382 e. The largest absolute Gasteiger partial charge is 0.382 e. The van der Waals surface area contributed by atoms with Gasteiger partial charge < -0.3 is 5.73 Å². The molecule has 4 nitrogen and oxygen atoms in total. The van der Waals surface area contributed by atoms with Gasteiger partial charge in [0.25, 0.3) is 0 Å². The number of anilines is 1. The molecule has 0 aliphatic heterocycles. The number of hydrogen-bond acceptors (Lipinski definition) is 5. The summed E-state index contributed by atoms with van der Waals surface area (Å²) < 4.78 is 0. The van der Waals surface area contributed by atoms with Gasteiger partial charge in [-0.05, 0) is 18.9 Å². The van der Waals surface area contributed by atoms with Crippen LogP contribution in [0.2, 0.25) is 0 Å². The number of hydrogen-bond donors (Lipinski definition) is 1. The van der Waals surface area contributed by atoms with Crippen LogP contribution in [0.5, 0.6) is 0 Å². The summed E-state index contributed by atoms with van der Waals surface area (Å²) in [6, 6.07) is 10.3. The van der Waals surface area contributed by atoms with Crippen LogP contribution in [0.3, 0.4) is 0 Å². The Morgan fingerprint density at radius 1 is 1.36 bits per heavy atom. The molecule has 2 N–H and O–H groups in total. The molecule has 2 rings (SSSR count). The Balaban J connectivity index is 2.37. The van der Waals surface area contributed by atoms with E-state index in [9.17, 15) is 5.26 Å². The van der Waals surface area contributed by atoms with E-state index in [1.807, 2.05) is 25.1 Å². The van der Waals surface area contributed by atoms with Gasteiger partial charge in [-0.2, -0.15) is 5.26 Å². The van der Waals surface area contributed by atoms with Crippen molar-refractivity contribution in [1.82, 2.24) is 9.97 Å². The van der Waals surface area contributed by atoms with Crippen LogP contribution < -0.4 is 5.73 Å². The number of nitriles is 1. The summed E-state index contributed by atoms with van der Waals surface area (Å²) in [4.78, 5) is 8.83. The van der Waals surface area contributed by atoms with Gasteiger partial charge in [0.1, 0.15) is 17.5 Å². The lowest BCUT2D eigenvalue weighted by atomic mass is 10.0. The number of benzene rings is 1. The lowest BCUT2D eigenvalue weighted by Gasteiger charge is -2.11. The zero-order valence-corrected chi connectivity index (χ0v) is 13.9. The maximum Gasteiger partial charge on any atom is 0.190 e. The predicted octanol–water partition coefficient (Wildman–Crippen LogP) is 3.72. The van der Waals surface area contributed by atoms with E-state index in [1.165, 1.54) is 5.56 Å². The minimum atomic E-state index is 0.269. The number of nitrogens with two attached hydrogens (primary N) is 1. The van der Waals surface area contributed by atoms with Crippen molar-refractivity contribution in [1.29, 1.82) is 5.26 Å². The van der Waals surface area contributed by atoms with E-state index in [4.69, 9.17) is 5.73 Å². The molecule has 0 radical (unpaired) electrons. The fraction of sp³-hybridized carbons (Fsp3) is 0.353. The van der Waals surface area contributed by atoms with Gasteiger partial charge in [0.2, 0.25) is 0 Å². The summed E-state index contributed by atoms with van der Waals surface area (Å²) in [7, 11) is 0. The predicted molar refractivity (Wildman–Crippen MR) is 90.8 cm³/mol. The van der Waals surface area contributed by atoms with Crippen LogP contribution in [-0.2, 0) is 6.42 Å². The summed E-state index contributed by atoms with van der Waals surface area (Å²) >= 11 is 1.59. The van der Waals surface area contributed by atoms with E-state index < -0.39 is 0 Å². The number of aryl methyl sites for hydroxylation is 1. The highest BCUT2D eigenvalue weighted by Gasteiger charge is 2.14. The molecule has 0 bridgehead atoms. The topological polar surface area (TPSA) is 75.6 Å². The van der Waals surface area contributed by atoms with Crippen LogP contribution >= 0.6 is 11.8 Å². The molecule has 0 amide bonds. The zero-order chi connectivity index (χ0) is 16.1. The molecular formula is C17H20N4S. The second kappa shape index (κ2) is 7.28. The van der Waals surface area contributed by atoms with Crippen LogP contribution in [0.15, 0.2) is 29.4 Å². The van der Waals surface area contributed by atoms with Crippen molar-refractivity contribution in [3.8, 4) is 6.07 Å². The zero-order valence-electron chi connectivity index (χ0n) is 13.1. The Morgan fingerprint density at radius 2 is 2.14 bits per heavy atom. The second-order valence-corrected chi connectivity index (χ2v) is 6.73. The number of rotatable bonds is 5. The first kappa shape index (κ1) is 16.3. The first-order chi connectivity index (χ1) is 10.5. The van der Waals surface area contributed by atoms with E-state index in [-0.39, 0.29) is 5.82 Å². The molecule has 5 heteroatoms. The Morgan fingerprint density at radius 3 is 2.77 bits per heavy atom. The van der Waals surface area contributed by atoms with Crippen LogP contribution in [0.4, 0.5) is 5.82 Å². The highest BCUT2D eigenvalue weighted by Crippen LogP contribution is 2.25. The van der Waals surface area contributed by atoms with Crippen molar-refractivity contribution in [3.63, 3.8) is 0 Å². The third-order valence-electron chi connectivity index (χ3n) is 3.44. The quantitative estimate of drug-likeness (QED) is 0.672.